The lowest BCUT2D eigenvalue weighted by Gasteiger charge is -2.32. The Bertz CT molecular complexity index is 478. The summed E-state index contributed by atoms with van der Waals surface area (Å²) in [5, 5.41) is 11.6. The highest BCUT2D eigenvalue weighted by Crippen LogP contribution is 2.21. The molecule has 0 aliphatic carbocycles. The summed E-state index contributed by atoms with van der Waals surface area (Å²) in [6.07, 6.45) is 6.16. The smallest absolute Gasteiger partial charge is 0.317 e. The van der Waals surface area contributed by atoms with Gasteiger partial charge in [-0.15, -0.1) is 0 Å². The van der Waals surface area contributed by atoms with Gasteiger partial charge in [0.05, 0.1) is 0 Å². The number of carboxylic acids is 1. The molecule has 0 radical (unpaired) electrons. The molecule has 1 aromatic heterocycles. The molecule has 21 heavy (non-hydrogen) atoms. The Balaban J connectivity index is 1.77. The molecular formula is C15H21N3O3. The Kier molecular flexibility index (Phi) is 5.54. The zero-order valence-corrected chi connectivity index (χ0v) is 12.0. The maximum Gasteiger partial charge on any atom is 0.317 e. The number of nitrogens with one attached hydrogen (secondary N) is 1. The first-order valence-electron chi connectivity index (χ1n) is 7.28. The third-order valence-electron chi connectivity index (χ3n) is 3.77. The summed E-state index contributed by atoms with van der Waals surface area (Å²) >= 11 is 0. The zero-order valence-electron chi connectivity index (χ0n) is 12.0. The molecule has 1 aromatic rings. The number of pyridine rings is 1. The van der Waals surface area contributed by atoms with E-state index >= 15 is 0 Å². The van der Waals surface area contributed by atoms with Crippen molar-refractivity contribution < 1.29 is 14.7 Å². The Morgan fingerprint density at radius 1 is 1.38 bits per heavy atom. The highest BCUT2D eigenvalue weighted by atomic mass is 16.4. The van der Waals surface area contributed by atoms with Crippen LogP contribution >= 0.6 is 0 Å². The van der Waals surface area contributed by atoms with Crippen LogP contribution < -0.4 is 5.32 Å². The molecular weight excluding hydrogens is 270 g/mol. The largest absolute Gasteiger partial charge is 0.481 e. The van der Waals surface area contributed by atoms with E-state index in [9.17, 15) is 9.59 Å². The van der Waals surface area contributed by atoms with Crippen molar-refractivity contribution in [2.75, 3.05) is 13.1 Å². The molecule has 1 fully saturated rings. The molecule has 1 unspecified atom stereocenters. The van der Waals surface area contributed by atoms with Gasteiger partial charge in [-0.3, -0.25) is 9.78 Å². The molecule has 0 bridgehead atoms. The third kappa shape index (κ3) is 5.06. The molecule has 114 valence electrons. The van der Waals surface area contributed by atoms with E-state index in [4.69, 9.17) is 5.11 Å². The van der Waals surface area contributed by atoms with Gasteiger partial charge in [0, 0.05) is 38.4 Å². The van der Waals surface area contributed by atoms with E-state index in [2.05, 4.69) is 10.3 Å². The molecule has 2 heterocycles. The summed E-state index contributed by atoms with van der Waals surface area (Å²) < 4.78 is 0. The molecule has 6 nitrogen and oxygen atoms in total. The van der Waals surface area contributed by atoms with Crippen LogP contribution in [0.15, 0.2) is 24.5 Å². The first-order valence-corrected chi connectivity index (χ1v) is 7.28. The molecule has 0 aromatic carbocycles. The summed E-state index contributed by atoms with van der Waals surface area (Å²) in [6.45, 7) is 1.87. The van der Waals surface area contributed by atoms with Crippen LogP contribution in [0.3, 0.4) is 0 Å². The molecule has 1 aliphatic rings. The highest BCUT2D eigenvalue weighted by molar-refractivity contribution is 5.74. The number of aromatic nitrogens is 1. The molecule has 2 amide bonds. The summed E-state index contributed by atoms with van der Waals surface area (Å²) in [4.78, 5) is 28.5. The minimum Gasteiger partial charge on any atom is -0.481 e. The average Bonchev–Trinajstić information content (AvgIpc) is 2.52. The van der Waals surface area contributed by atoms with Crippen molar-refractivity contribution in [1.29, 1.82) is 0 Å². The van der Waals surface area contributed by atoms with Crippen LogP contribution in [0.5, 0.6) is 0 Å². The number of rotatable bonds is 5. The Morgan fingerprint density at radius 2 is 2.14 bits per heavy atom. The lowest BCUT2D eigenvalue weighted by Crippen LogP contribution is -2.45. The Hall–Kier alpha value is -2.11. The second-order valence-corrected chi connectivity index (χ2v) is 5.40. The number of hydrogen-bond acceptors (Lipinski definition) is 3. The molecule has 0 saturated carbocycles. The van der Waals surface area contributed by atoms with Gasteiger partial charge in [-0.2, -0.15) is 0 Å². The molecule has 1 atom stereocenters. The molecule has 1 saturated heterocycles. The number of carbonyl (C=O) groups excluding carboxylic acids is 1. The fraction of sp³-hybridized carbons (Fsp3) is 0.533. The summed E-state index contributed by atoms with van der Waals surface area (Å²) in [6, 6.07) is 3.66. The predicted octanol–water partition coefficient (Wildman–Crippen LogP) is 1.87. The Labute approximate surface area is 124 Å². The van der Waals surface area contributed by atoms with Crippen molar-refractivity contribution in [3.8, 4) is 0 Å². The van der Waals surface area contributed by atoms with E-state index < -0.39 is 5.97 Å². The van der Waals surface area contributed by atoms with E-state index in [1.165, 1.54) is 0 Å². The zero-order chi connectivity index (χ0) is 15.1. The number of nitrogens with zero attached hydrogens (tertiary/aromatic N) is 2. The number of amides is 2. The van der Waals surface area contributed by atoms with Gasteiger partial charge in [-0.05, 0) is 42.9 Å². The standard InChI is InChI=1S/C15H21N3O3/c19-14(20)4-3-13-2-1-9-18(11-13)15(21)17-10-12-5-7-16-8-6-12/h5-8,13H,1-4,9-11H2,(H,17,21)(H,19,20). The van der Waals surface area contributed by atoms with Crippen molar-refractivity contribution in [2.45, 2.75) is 32.2 Å². The molecule has 6 heteroatoms. The van der Waals surface area contributed by atoms with Gasteiger partial charge >= 0.3 is 12.0 Å². The fourth-order valence-corrected chi connectivity index (χ4v) is 2.60. The van der Waals surface area contributed by atoms with E-state index in [0.717, 1.165) is 24.9 Å². The van der Waals surface area contributed by atoms with Crippen LogP contribution in [0.2, 0.25) is 0 Å². The van der Waals surface area contributed by atoms with Crippen molar-refractivity contribution in [1.82, 2.24) is 15.2 Å². The van der Waals surface area contributed by atoms with Crippen LogP contribution in [-0.2, 0) is 11.3 Å². The van der Waals surface area contributed by atoms with Crippen LogP contribution in [0.1, 0.15) is 31.2 Å². The molecule has 2 rings (SSSR count). The van der Waals surface area contributed by atoms with Gasteiger partial charge in [0.15, 0.2) is 0 Å². The van der Waals surface area contributed by atoms with E-state index in [1.54, 1.807) is 17.3 Å². The van der Waals surface area contributed by atoms with Crippen LogP contribution in [0, 0.1) is 5.92 Å². The number of carboxylic acid groups (broad SMARTS) is 1. The second-order valence-electron chi connectivity index (χ2n) is 5.40. The molecule has 1 aliphatic heterocycles. The maximum absolute atomic E-state index is 12.1. The summed E-state index contributed by atoms with van der Waals surface area (Å²) in [5.74, 6) is -0.476. The minimum atomic E-state index is -0.769. The molecule has 0 spiro atoms. The van der Waals surface area contributed by atoms with Crippen molar-refractivity contribution in [2.24, 2.45) is 5.92 Å². The number of carbonyl (C=O) groups is 2. The van der Waals surface area contributed by atoms with Crippen LogP contribution in [-0.4, -0.2) is 40.1 Å². The number of hydrogen-bond donors (Lipinski definition) is 2. The van der Waals surface area contributed by atoms with Gasteiger partial charge in [0.2, 0.25) is 0 Å². The molecule has 2 N–H and O–H groups in total. The van der Waals surface area contributed by atoms with Gasteiger partial charge in [-0.25, -0.2) is 4.79 Å². The SMILES string of the molecule is O=C(O)CCC1CCCN(C(=O)NCc2ccncc2)C1. The Morgan fingerprint density at radius 3 is 2.86 bits per heavy atom. The number of aliphatic carboxylic acids is 1. The quantitative estimate of drug-likeness (QED) is 0.867. The van der Waals surface area contributed by atoms with Gasteiger partial charge in [0.1, 0.15) is 0 Å². The summed E-state index contributed by atoms with van der Waals surface area (Å²) in [7, 11) is 0. The van der Waals surface area contributed by atoms with Crippen molar-refractivity contribution in [3.05, 3.63) is 30.1 Å². The topological polar surface area (TPSA) is 82.5 Å². The van der Waals surface area contributed by atoms with E-state index in [0.29, 0.717) is 25.4 Å². The average molecular weight is 291 g/mol. The van der Waals surface area contributed by atoms with Crippen LogP contribution in [0.25, 0.3) is 0 Å². The summed E-state index contributed by atoms with van der Waals surface area (Å²) in [5.41, 5.74) is 1.01. The van der Waals surface area contributed by atoms with E-state index in [1.807, 2.05) is 12.1 Å². The van der Waals surface area contributed by atoms with Crippen molar-refractivity contribution >= 4 is 12.0 Å². The fourth-order valence-electron chi connectivity index (χ4n) is 2.60. The third-order valence-corrected chi connectivity index (χ3v) is 3.77. The number of likely N-dealkylation sites (tertiary alicyclic amines) is 1. The van der Waals surface area contributed by atoms with Crippen molar-refractivity contribution in [3.63, 3.8) is 0 Å². The monoisotopic (exact) mass is 291 g/mol. The predicted molar refractivity (Wildman–Crippen MR) is 77.6 cm³/mol. The second kappa shape index (κ2) is 7.61. The van der Waals surface area contributed by atoms with Crippen LogP contribution in [0.4, 0.5) is 4.79 Å². The van der Waals surface area contributed by atoms with E-state index in [-0.39, 0.29) is 12.5 Å². The first-order chi connectivity index (χ1) is 10.1. The maximum atomic E-state index is 12.1. The lowest BCUT2D eigenvalue weighted by molar-refractivity contribution is -0.137. The van der Waals surface area contributed by atoms with Gasteiger partial charge in [-0.1, -0.05) is 0 Å². The lowest BCUT2D eigenvalue weighted by atomic mass is 9.93. The number of piperidine rings is 1. The first kappa shape index (κ1) is 15.3. The van der Waals surface area contributed by atoms with Gasteiger partial charge in [0.25, 0.3) is 0 Å². The normalized spacial score (nSPS) is 18.3. The highest BCUT2D eigenvalue weighted by Gasteiger charge is 2.23. The minimum absolute atomic E-state index is 0.0770. The van der Waals surface area contributed by atoms with Gasteiger partial charge < -0.3 is 15.3 Å². The number of urea groups is 1.